The van der Waals surface area contributed by atoms with Gasteiger partial charge in [0.15, 0.2) is 0 Å². The summed E-state index contributed by atoms with van der Waals surface area (Å²) < 4.78 is 51.7. The number of hydrogen-bond acceptors (Lipinski definition) is 6. The van der Waals surface area contributed by atoms with Gasteiger partial charge in [-0.1, -0.05) is 25.3 Å². The van der Waals surface area contributed by atoms with Crippen LogP contribution < -0.4 is 0 Å². The Morgan fingerprint density at radius 3 is 1.38 bits per heavy atom. The second kappa shape index (κ2) is 6.59. The molecule has 0 rings (SSSR count). The quantitative estimate of drug-likeness (QED) is 0.471. The average molecular weight is 268 g/mol. The highest BCUT2D eigenvalue weighted by atomic mass is 32.2. The van der Waals surface area contributed by atoms with Gasteiger partial charge in [0.1, 0.15) is 0 Å². The zero-order chi connectivity index (χ0) is 12.7. The van der Waals surface area contributed by atoms with E-state index >= 15 is 0 Å². The first-order valence-electron chi connectivity index (χ1n) is 4.02. The van der Waals surface area contributed by atoms with Crippen LogP contribution >= 0.6 is 0 Å². The van der Waals surface area contributed by atoms with Crippen molar-refractivity contribution >= 4 is 20.2 Å². The molecular weight excluding hydrogens is 256 g/mol. The molecule has 0 fully saturated rings. The molecule has 0 aromatic heterocycles. The van der Waals surface area contributed by atoms with Crippen LogP contribution in [-0.2, 0) is 28.6 Å². The maximum Gasteiger partial charge on any atom is 0.289 e. The lowest BCUT2D eigenvalue weighted by Gasteiger charge is -1.97. The smallest absolute Gasteiger partial charge is 0.263 e. The minimum absolute atomic E-state index is 0.216. The lowest BCUT2D eigenvalue weighted by molar-refractivity contribution is 0.353. The van der Waals surface area contributed by atoms with E-state index in [9.17, 15) is 16.8 Å². The van der Waals surface area contributed by atoms with E-state index < -0.39 is 20.2 Å². The summed E-state index contributed by atoms with van der Waals surface area (Å²) in [7, 11) is -7.40. The summed E-state index contributed by atoms with van der Waals surface area (Å²) in [5.74, 6) is 0. The zero-order valence-corrected chi connectivity index (χ0v) is 10.0. The Morgan fingerprint density at radius 2 is 1.12 bits per heavy atom. The Balaban J connectivity index is 3.90. The molecule has 0 unspecified atom stereocenters. The van der Waals surface area contributed by atoms with Crippen LogP contribution in [0.1, 0.15) is 0 Å². The van der Waals surface area contributed by atoms with Crippen LogP contribution in [0.25, 0.3) is 0 Å². The summed E-state index contributed by atoms with van der Waals surface area (Å²) >= 11 is 0. The zero-order valence-electron chi connectivity index (χ0n) is 8.40. The van der Waals surface area contributed by atoms with E-state index in [4.69, 9.17) is 0 Å². The topological polar surface area (TPSA) is 86.7 Å². The molecule has 92 valence electrons. The minimum atomic E-state index is -3.70. The summed E-state index contributed by atoms with van der Waals surface area (Å²) in [6.45, 7) is 5.64. The molecule has 0 bridgehead atoms. The summed E-state index contributed by atoms with van der Waals surface area (Å²) in [4.78, 5) is 0. The molecule has 0 saturated carbocycles. The fourth-order valence-electron chi connectivity index (χ4n) is 0.501. The molecular formula is C8H12O6S2. The van der Waals surface area contributed by atoms with Crippen molar-refractivity contribution in [3.8, 4) is 0 Å². The Hall–Kier alpha value is -0.960. The van der Waals surface area contributed by atoms with Gasteiger partial charge in [0.25, 0.3) is 20.2 Å². The van der Waals surface area contributed by atoms with Gasteiger partial charge in [0.2, 0.25) is 0 Å². The Morgan fingerprint density at radius 1 is 0.812 bits per heavy atom. The third kappa shape index (κ3) is 7.35. The van der Waals surface area contributed by atoms with E-state index in [2.05, 4.69) is 21.5 Å². The highest BCUT2D eigenvalue weighted by molar-refractivity contribution is 7.89. The standard InChI is InChI=1S/C8H12O6S2/c1-3-15(9,10)13-7-5-6-8-14-16(11,12)4-2/h3-6H,1-2,7-8H2. The first-order chi connectivity index (χ1) is 7.33. The SMILES string of the molecule is C=CS(=O)(=O)OCC=CCOS(=O)(=O)C=C. The van der Waals surface area contributed by atoms with Gasteiger partial charge in [-0.2, -0.15) is 16.8 Å². The van der Waals surface area contributed by atoms with Gasteiger partial charge in [-0.3, -0.25) is 8.37 Å². The van der Waals surface area contributed by atoms with E-state index in [1.807, 2.05) is 0 Å². The van der Waals surface area contributed by atoms with E-state index in [1.54, 1.807) is 0 Å². The monoisotopic (exact) mass is 268 g/mol. The van der Waals surface area contributed by atoms with Gasteiger partial charge in [0.05, 0.1) is 24.0 Å². The van der Waals surface area contributed by atoms with Gasteiger partial charge in [-0.25, -0.2) is 0 Å². The van der Waals surface area contributed by atoms with Crippen LogP contribution in [-0.4, -0.2) is 30.0 Å². The van der Waals surface area contributed by atoms with Crippen molar-refractivity contribution in [2.75, 3.05) is 13.2 Å². The molecule has 0 aliphatic carbocycles. The highest BCUT2D eigenvalue weighted by Crippen LogP contribution is 1.95. The van der Waals surface area contributed by atoms with Crippen LogP contribution in [0.2, 0.25) is 0 Å². The van der Waals surface area contributed by atoms with Gasteiger partial charge in [-0.15, -0.1) is 0 Å². The summed E-state index contributed by atoms with van der Waals surface area (Å²) in [5.41, 5.74) is 0. The van der Waals surface area contributed by atoms with Crippen molar-refractivity contribution in [1.82, 2.24) is 0 Å². The largest absolute Gasteiger partial charge is 0.289 e. The lowest BCUT2D eigenvalue weighted by atomic mass is 10.5. The lowest BCUT2D eigenvalue weighted by Crippen LogP contribution is -2.03. The molecule has 16 heavy (non-hydrogen) atoms. The van der Waals surface area contributed by atoms with Crippen LogP contribution in [0.3, 0.4) is 0 Å². The summed E-state index contributed by atoms with van der Waals surface area (Å²) in [6.07, 6.45) is 2.61. The third-order valence-corrected chi connectivity index (χ3v) is 2.98. The van der Waals surface area contributed by atoms with Crippen LogP contribution in [0.5, 0.6) is 0 Å². The highest BCUT2D eigenvalue weighted by Gasteiger charge is 2.02. The molecule has 0 N–H and O–H groups in total. The van der Waals surface area contributed by atoms with Crippen molar-refractivity contribution in [2.45, 2.75) is 0 Å². The van der Waals surface area contributed by atoms with E-state index in [0.717, 1.165) is 0 Å². The van der Waals surface area contributed by atoms with Crippen LogP contribution in [0, 0.1) is 0 Å². The second-order valence-electron chi connectivity index (χ2n) is 2.36. The molecule has 0 saturated heterocycles. The molecule has 0 radical (unpaired) electrons. The maximum absolute atomic E-state index is 10.7. The van der Waals surface area contributed by atoms with E-state index in [-0.39, 0.29) is 13.2 Å². The molecule has 0 spiro atoms. The normalized spacial score (nSPS) is 12.8. The minimum Gasteiger partial charge on any atom is -0.263 e. The van der Waals surface area contributed by atoms with Crippen molar-refractivity contribution in [2.24, 2.45) is 0 Å². The third-order valence-electron chi connectivity index (χ3n) is 1.23. The van der Waals surface area contributed by atoms with Crippen molar-refractivity contribution < 1.29 is 25.2 Å². The molecule has 8 heteroatoms. The molecule has 0 amide bonds. The average Bonchev–Trinajstić information content (AvgIpc) is 2.23. The fourth-order valence-corrected chi connectivity index (χ4v) is 1.23. The maximum atomic E-state index is 10.7. The van der Waals surface area contributed by atoms with Crippen molar-refractivity contribution in [1.29, 1.82) is 0 Å². The van der Waals surface area contributed by atoms with Gasteiger partial charge in [-0.05, 0) is 0 Å². The van der Waals surface area contributed by atoms with E-state index in [1.165, 1.54) is 12.2 Å². The fraction of sp³-hybridized carbons (Fsp3) is 0.250. The molecule has 0 aliphatic heterocycles. The Labute approximate surface area is 95.1 Å². The number of rotatable bonds is 8. The molecule has 0 aromatic carbocycles. The van der Waals surface area contributed by atoms with Crippen molar-refractivity contribution in [3.63, 3.8) is 0 Å². The van der Waals surface area contributed by atoms with Gasteiger partial charge in [0, 0.05) is 0 Å². The Kier molecular flexibility index (Phi) is 6.19. The summed E-state index contributed by atoms with van der Waals surface area (Å²) in [5, 5.41) is 1.33. The first kappa shape index (κ1) is 15.0. The van der Waals surface area contributed by atoms with E-state index in [0.29, 0.717) is 10.8 Å². The van der Waals surface area contributed by atoms with Gasteiger partial charge < -0.3 is 0 Å². The van der Waals surface area contributed by atoms with Crippen LogP contribution in [0.15, 0.2) is 36.1 Å². The first-order valence-corrected chi connectivity index (χ1v) is 6.96. The molecule has 0 atom stereocenters. The second-order valence-corrected chi connectivity index (χ2v) is 5.47. The molecule has 6 nitrogen and oxygen atoms in total. The predicted octanol–water partition coefficient (Wildman–Crippen LogP) is 0.522. The summed E-state index contributed by atoms with van der Waals surface area (Å²) in [6, 6.07) is 0. The number of hydrogen-bond donors (Lipinski definition) is 0. The predicted molar refractivity (Wildman–Crippen MR) is 59.3 cm³/mol. The molecule has 0 heterocycles. The van der Waals surface area contributed by atoms with Crippen LogP contribution in [0.4, 0.5) is 0 Å². The van der Waals surface area contributed by atoms with Gasteiger partial charge >= 0.3 is 0 Å². The molecule has 0 aliphatic rings. The Bertz CT molecular complexity index is 413. The molecule has 0 aromatic rings. The van der Waals surface area contributed by atoms with Crippen molar-refractivity contribution in [3.05, 3.63) is 36.1 Å².